The van der Waals surface area contributed by atoms with Gasteiger partial charge in [0.2, 0.25) is 5.91 Å². The Labute approximate surface area is 110 Å². The Bertz CT molecular complexity index is 587. The van der Waals surface area contributed by atoms with Gasteiger partial charge < -0.3 is 4.52 Å². The lowest BCUT2D eigenvalue weighted by molar-refractivity contribution is -0.126. The highest BCUT2D eigenvalue weighted by molar-refractivity contribution is 5.78. The second-order valence-corrected chi connectivity index (χ2v) is 4.98. The van der Waals surface area contributed by atoms with Gasteiger partial charge in [-0.3, -0.25) is 10.2 Å². The third-order valence-corrected chi connectivity index (χ3v) is 3.90. The Morgan fingerprint density at radius 3 is 2.89 bits per heavy atom. The van der Waals surface area contributed by atoms with Crippen LogP contribution < -0.4 is 11.3 Å². The monoisotopic (exact) mass is 260 g/mol. The van der Waals surface area contributed by atoms with Crippen molar-refractivity contribution in [1.82, 2.24) is 15.6 Å². The van der Waals surface area contributed by atoms with Gasteiger partial charge in [-0.2, -0.15) is 0 Å². The lowest BCUT2D eigenvalue weighted by Gasteiger charge is -2.25. The van der Waals surface area contributed by atoms with Crippen molar-refractivity contribution in [2.75, 3.05) is 0 Å². The molecule has 3 rings (SSSR count). The highest BCUT2D eigenvalue weighted by atomic mass is 16.5. The number of carbonyl (C=O) groups is 1. The third kappa shape index (κ3) is 2.19. The summed E-state index contributed by atoms with van der Waals surface area (Å²) in [6.07, 6.45) is 5.22. The molecule has 100 valence electrons. The van der Waals surface area contributed by atoms with Gasteiger partial charge in [-0.15, -0.1) is 0 Å². The second-order valence-electron chi connectivity index (χ2n) is 4.98. The molecule has 0 aromatic carbocycles. The molecule has 0 saturated heterocycles. The van der Waals surface area contributed by atoms with E-state index < -0.39 is 0 Å². The van der Waals surface area contributed by atoms with Crippen molar-refractivity contribution >= 4 is 17.0 Å². The van der Waals surface area contributed by atoms with E-state index in [-0.39, 0.29) is 11.8 Å². The largest absolute Gasteiger partial charge is 0.336 e. The van der Waals surface area contributed by atoms with Crippen LogP contribution >= 0.6 is 0 Å². The Kier molecular flexibility index (Phi) is 3.16. The van der Waals surface area contributed by atoms with Crippen LogP contribution in [0.5, 0.6) is 0 Å². The minimum atomic E-state index is -0.0647. The van der Waals surface area contributed by atoms with Crippen molar-refractivity contribution in [2.45, 2.75) is 31.6 Å². The molecule has 1 saturated carbocycles. The van der Waals surface area contributed by atoms with E-state index in [1.807, 2.05) is 12.1 Å². The molecule has 1 aliphatic rings. The predicted octanol–water partition coefficient (Wildman–Crippen LogP) is 1.49. The van der Waals surface area contributed by atoms with Crippen LogP contribution in [0.3, 0.4) is 0 Å². The number of hydrazine groups is 1. The van der Waals surface area contributed by atoms with E-state index in [1.165, 1.54) is 0 Å². The number of nitrogens with two attached hydrogens (primary N) is 1. The van der Waals surface area contributed by atoms with Crippen molar-refractivity contribution in [3.63, 3.8) is 0 Å². The van der Waals surface area contributed by atoms with Crippen LogP contribution in [-0.4, -0.2) is 16.0 Å². The molecule has 0 radical (unpaired) electrons. The third-order valence-electron chi connectivity index (χ3n) is 3.90. The summed E-state index contributed by atoms with van der Waals surface area (Å²) in [4.78, 5) is 15.6. The van der Waals surface area contributed by atoms with E-state index in [1.54, 1.807) is 6.20 Å². The number of carbonyl (C=O) groups excluding carboxylic acids is 1. The van der Waals surface area contributed by atoms with Gasteiger partial charge in [-0.25, -0.2) is 10.8 Å². The van der Waals surface area contributed by atoms with Crippen LogP contribution in [-0.2, 0) is 4.79 Å². The molecule has 0 aliphatic heterocycles. The van der Waals surface area contributed by atoms with Gasteiger partial charge in [0.05, 0.1) is 11.1 Å². The van der Waals surface area contributed by atoms with E-state index in [0.717, 1.165) is 36.8 Å². The topological polar surface area (TPSA) is 94.0 Å². The first-order valence-corrected chi connectivity index (χ1v) is 6.50. The van der Waals surface area contributed by atoms with Gasteiger partial charge in [0.1, 0.15) is 0 Å². The Morgan fingerprint density at radius 2 is 2.16 bits per heavy atom. The standard InChI is InChI=1S/C13H16N4O2/c14-16-12(18)9-5-3-8(4-6-9)11-10-2-1-7-15-13(10)19-17-11/h1-2,7-9H,3-6,14H2,(H,16,18). The van der Waals surface area contributed by atoms with Gasteiger partial charge >= 0.3 is 0 Å². The van der Waals surface area contributed by atoms with Gasteiger partial charge in [0.25, 0.3) is 5.71 Å². The quantitative estimate of drug-likeness (QED) is 0.484. The van der Waals surface area contributed by atoms with Gasteiger partial charge in [0, 0.05) is 18.0 Å². The summed E-state index contributed by atoms with van der Waals surface area (Å²) in [5.41, 5.74) is 3.78. The number of nitrogens with zero attached hydrogens (tertiary/aromatic N) is 2. The molecule has 6 heteroatoms. The molecule has 0 atom stereocenters. The summed E-state index contributed by atoms with van der Waals surface area (Å²) in [5.74, 6) is 5.47. The molecule has 2 aromatic heterocycles. The summed E-state index contributed by atoms with van der Waals surface area (Å²) in [5, 5.41) is 5.13. The molecular formula is C13H16N4O2. The first-order valence-electron chi connectivity index (χ1n) is 6.50. The molecular weight excluding hydrogens is 244 g/mol. The molecule has 2 heterocycles. The van der Waals surface area contributed by atoms with E-state index in [4.69, 9.17) is 10.4 Å². The first kappa shape index (κ1) is 12.1. The van der Waals surface area contributed by atoms with Crippen molar-refractivity contribution in [3.05, 3.63) is 24.0 Å². The molecule has 19 heavy (non-hydrogen) atoms. The minimum absolute atomic E-state index is 0.0255. The number of hydrogen-bond acceptors (Lipinski definition) is 5. The highest BCUT2D eigenvalue weighted by Crippen LogP contribution is 2.37. The molecule has 3 N–H and O–H groups in total. The Balaban J connectivity index is 1.77. The number of amides is 1. The van der Waals surface area contributed by atoms with Gasteiger partial charge in [-0.1, -0.05) is 5.16 Å². The molecule has 0 spiro atoms. The normalized spacial score (nSPS) is 23.4. The molecule has 1 fully saturated rings. The van der Waals surface area contributed by atoms with E-state index in [9.17, 15) is 4.79 Å². The fourth-order valence-corrected chi connectivity index (χ4v) is 2.84. The molecule has 0 unspecified atom stereocenters. The van der Waals surface area contributed by atoms with Crippen molar-refractivity contribution in [3.8, 4) is 0 Å². The number of pyridine rings is 1. The first-order chi connectivity index (χ1) is 9.29. The number of aromatic nitrogens is 2. The maximum absolute atomic E-state index is 11.5. The van der Waals surface area contributed by atoms with Crippen LogP contribution in [0.15, 0.2) is 22.9 Å². The summed E-state index contributed by atoms with van der Waals surface area (Å²) in [6.45, 7) is 0. The molecule has 0 bridgehead atoms. The smallest absolute Gasteiger partial charge is 0.257 e. The van der Waals surface area contributed by atoms with Crippen LogP contribution in [0.1, 0.15) is 37.3 Å². The molecule has 6 nitrogen and oxygen atoms in total. The average molecular weight is 260 g/mol. The number of hydrogen-bond donors (Lipinski definition) is 2. The van der Waals surface area contributed by atoms with Crippen LogP contribution in [0.2, 0.25) is 0 Å². The molecule has 1 amide bonds. The van der Waals surface area contributed by atoms with Crippen molar-refractivity contribution in [2.24, 2.45) is 11.8 Å². The molecule has 1 aliphatic carbocycles. The van der Waals surface area contributed by atoms with E-state index in [0.29, 0.717) is 11.6 Å². The lowest BCUT2D eigenvalue weighted by atomic mass is 9.79. The molecule has 2 aromatic rings. The van der Waals surface area contributed by atoms with E-state index >= 15 is 0 Å². The minimum Gasteiger partial charge on any atom is -0.336 e. The predicted molar refractivity (Wildman–Crippen MR) is 68.8 cm³/mol. The average Bonchev–Trinajstić information content (AvgIpc) is 2.90. The van der Waals surface area contributed by atoms with Crippen LogP contribution in [0.4, 0.5) is 0 Å². The van der Waals surface area contributed by atoms with Crippen molar-refractivity contribution < 1.29 is 9.32 Å². The zero-order valence-electron chi connectivity index (χ0n) is 10.5. The maximum atomic E-state index is 11.5. The fraction of sp³-hybridized carbons (Fsp3) is 0.462. The van der Waals surface area contributed by atoms with Crippen LogP contribution in [0.25, 0.3) is 11.1 Å². The maximum Gasteiger partial charge on any atom is 0.257 e. The van der Waals surface area contributed by atoms with Crippen LogP contribution in [0, 0.1) is 5.92 Å². The number of rotatable bonds is 2. The zero-order chi connectivity index (χ0) is 13.2. The summed E-state index contributed by atoms with van der Waals surface area (Å²) in [7, 11) is 0. The Morgan fingerprint density at radius 1 is 1.37 bits per heavy atom. The SMILES string of the molecule is NNC(=O)C1CCC(c2noc3ncccc23)CC1. The van der Waals surface area contributed by atoms with Gasteiger partial charge in [-0.05, 0) is 37.8 Å². The number of nitrogens with one attached hydrogen (secondary N) is 1. The number of fused-ring (bicyclic) bond motifs is 1. The van der Waals surface area contributed by atoms with Crippen molar-refractivity contribution in [1.29, 1.82) is 0 Å². The summed E-state index contributed by atoms with van der Waals surface area (Å²) < 4.78 is 5.24. The summed E-state index contributed by atoms with van der Waals surface area (Å²) >= 11 is 0. The van der Waals surface area contributed by atoms with Gasteiger partial charge in [0.15, 0.2) is 0 Å². The second kappa shape index (κ2) is 4.97. The summed E-state index contributed by atoms with van der Waals surface area (Å²) in [6, 6.07) is 3.86. The van der Waals surface area contributed by atoms with E-state index in [2.05, 4.69) is 15.6 Å². The zero-order valence-corrected chi connectivity index (χ0v) is 10.5. The fourth-order valence-electron chi connectivity index (χ4n) is 2.84. The lowest BCUT2D eigenvalue weighted by Crippen LogP contribution is -2.37. The Hall–Kier alpha value is -1.95. The highest BCUT2D eigenvalue weighted by Gasteiger charge is 2.29.